The molecule has 0 saturated heterocycles. The molecular weight excluding hydrogens is 507 g/mol. The van der Waals surface area contributed by atoms with E-state index in [1.54, 1.807) is 23.5 Å². The third-order valence-corrected chi connectivity index (χ3v) is 10.3. The first-order chi connectivity index (χ1) is 17.7. The third-order valence-electron chi connectivity index (χ3n) is 7.79. The molecule has 37 heavy (non-hydrogen) atoms. The van der Waals surface area contributed by atoms with Crippen LogP contribution in [0.1, 0.15) is 53.5 Å². The van der Waals surface area contributed by atoms with E-state index in [2.05, 4.69) is 50.2 Å². The fraction of sp³-hybridized carbons (Fsp3) is 0.161. The van der Waals surface area contributed by atoms with Crippen molar-refractivity contribution in [2.24, 2.45) is 0 Å². The van der Waals surface area contributed by atoms with Crippen molar-refractivity contribution in [3.63, 3.8) is 0 Å². The minimum absolute atomic E-state index is 0.241. The van der Waals surface area contributed by atoms with Gasteiger partial charge in [0.05, 0.1) is 5.56 Å². The van der Waals surface area contributed by atoms with Gasteiger partial charge in [-0.3, -0.25) is 0 Å². The zero-order valence-electron chi connectivity index (χ0n) is 20.1. The highest BCUT2D eigenvalue weighted by Crippen LogP contribution is 2.57. The molecule has 2 aliphatic rings. The van der Waals surface area contributed by atoms with Crippen molar-refractivity contribution in [3.05, 3.63) is 101 Å². The molecule has 2 atom stereocenters. The normalized spacial score (nSPS) is 17.4. The molecule has 184 valence electrons. The van der Waals surface area contributed by atoms with E-state index in [0.717, 1.165) is 16.1 Å². The van der Waals surface area contributed by atoms with Crippen molar-refractivity contribution in [2.45, 2.75) is 31.9 Å². The van der Waals surface area contributed by atoms with E-state index < -0.39 is 11.7 Å². The summed E-state index contributed by atoms with van der Waals surface area (Å²) in [5.41, 5.74) is 16.0. The fourth-order valence-electron chi connectivity index (χ4n) is 5.71. The summed E-state index contributed by atoms with van der Waals surface area (Å²) in [6, 6.07) is 22.8. The highest BCUT2D eigenvalue weighted by atomic mass is 32.1. The Bertz CT molecular complexity index is 1690. The first kappa shape index (κ1) is 22.8. The maximum absolute atomic E-state index is 13.0. The number of rotatable bonds is 2. The number of alkyl halides is 3. The van der Waals surface area contributed by atoms with Crippen molar-refractivity contribution in [2.75, 3.05) is 5.73 Å². The number of hydrogen-bond acceptors (Lipinski definition) is 3. The summed E-state index contributed by atoms with van der Waals surface area (Å²) >= 11 is 3.52. The van der Waals surface area contributed by atoms with Crippen LogP contribution in [0.2, 0.25) is 0 Å². The smallest absolute Gasteiger partial charge is 0.399 e. The lowest BCUT2D eigenvalue weighted by atomic mass is 9.93. The lowest BCUT2D eigenvalue weighted by molar-refractivity contribution is -0.137. The zero-order chi connectivity index (χ0) is 25.6. The number of nitrogens with two attached hydrogens (primary N) is 1. The van der Waals surface area contributed by atoms with Crippen molar-refractivity contribution in [1.82, 2.24) is 0 Å². The SMILES string of the molecule is CC1c2cc3c(cc2-c2sc(-c4ccc(N)cc4)cc21)C(C)c1cc(-c2ccc(C(F)(F)F)cc2)sc1-3. The standard InChI is InChI=1S/C31H22F3NS2/c1-15-21-12-26-22(16(2)24-14-28(37-30(24)26)18-5-9-20(35)10-6-18)11-25(21)29-23(15)13-27(36-29)17-3-7-19(8-4-17)31(32,33)34/h3-16H,35H2,1-2H3. The summed E-state index contributed by atoms with van der Waals surface area (Å²) in [6.07, 6.45) is -4.32. The van der Waals surface area contributed by atoms with Gasteiger partial charge in [0.25, 0.3) is 0 Å². The molecule has 0 saturated carbocycles. The molecule has 0 amide bonds. The molecule has 0 radical (unpaired) electrons. The highest BCUT2D eigenvalue weighted by molar-refractivity contribution is 7.19. The lowest BCUT2D eigenvalue weighted by Crippen LogP contribution is -2.03. The van der Waals surface area contributed by atoms with Gasteiger partial charge >= 0.3 is 6.18 Å². The monoisotopic (exact) mass is 529 g/mol. The van der Waals surface area contributed by atoms with Gasteiger partial charge in [-0.25, -0.2) is 0 Å². The molecule has 0 fully saturated rings. The number of hydrogen-bond donors (Lipinski definition) is 1. The van der Waals surface area contributed by atoms with Crippen LogP contribution in [0.3, 0.4) is 0 Å². The molecule has 6 heteroatoms. The number of halogens is 3. The number of anilines is 1. The van der Waals surface area contributed by atoms with E-state index in [9.17, 15) is 13.2 Å². The zero-order valence-corrected chi connectivity index (χ0v) is 21.7. The average Bonchev–Trinajstić information content (AvgIpc) is 3.62. The molecule has 5 aromatic rings. The molecule has 0 aliphatic heterocycles. The van der Waals surface area contributed by atoms with Gasteiger partial charge in [0.2, 0.25) is 0 Å². The molecule has 2 unspecified atom stereocenters. The Morgan fingerprint density at radius 1 is 0.622 bits per heavy atom. The van der Waals surface area contributed by atoms with Gasteiger partial charge in [-0.05, 0) is 93.0 Å². The summed E-state index contributed by atoms with van der Waals surface area (Å²) < 4.78 is 39.0. The second-order valence-electron chi connectivity index (χ2n) is 9.96. The van der Waals surface area contributed by atoms with Gasteiger partial charge in [0.1, 0.15) is 0 Å². The molecule has 2 heterocycles. The first-order valence-electron chi connectivity index (χ1n) is 12.2. The van der Waals surface area contributed by atoms with Crippen molar-refractivity contribution in [1.29, 1.82) is 0 Å². The summed E-state index contributed by atoms with van der Waals surface area (Å²) in [4.78, 5) is 4.86. The highest BCUT2D eigenvalue weighted by Gasteiger charge is 2.35. The molecule has 3 aromatic carbocycles. The summed E-state index contributed by atoms with van der Waals surface area (Å²) in [5, 5.41) is 0. The van der Waals surface area contributed by atoms with Crippen LogP contribution >= 0.6 is 22.7 Å². The molecule has 2 aliphatic carbocycles. The Kier molecular flexibility index (Phi) is 4.83. The Labute approximate surface area is 221 Å². The molecule has 7 rings (SSSR count). The van der Waals surface area contributed by atoms with Crippen molar-refractivity contribution in [3.8, 4) is 41.8 Å². The first-order valence-corrected chi connectivity index (χ1v) is 13.8. The second-order valence-corrected chi connectivity index (χ2v) is 12.1. The lowest BCUT2D eigenvalue weighted by Gasteiger charge is -2.12. The molecular formula is C31H22F3NS2. The van der Waals surface area contributed by atoms with E-state index >= 15 is 0 Å². The van der Waals surface area contributed by atoms with Crippen LogP contribution in [0.15, 0.2) is 72.8 Å². The Morgan fingerprint density at radius 2 is 1.05 bits per heavy atom. The molecule has 2 N–H and O–H groups in total. The second kappa shape index (κ2) is 7.83. The van der Waals surface area contributed by atoms with Crippen molar-refractivity contribution < 1.29 is 13.2 Å². The molecule has 0 spiro atoms. The topological polar surface area (TPSA) is 26.0 Å². The van der Waals surface area contributed by atoms with Crippen LogP contribution in [-0.2, 0) is 6.18 Å². The predicted molar refractivity (Wildman–Crippen MR) is 148 cm³/mol. The minimum atomic E-state index is -4.32. The molecule has 0 bridgehead atoms. The Morgan fingerprint density at radius 3 is 1.49 bits per heavy atom. The maximum Gasteiger partial charge on any atom is 0.416 e. The summed E-state index contributed by atoms with van der Waals surface area (Å²) in [7, 11) is 0. The van der Waals surface area contributed by atoms with Crippen LogP contribution in [-0.4, -0.2) is 0 Å². The Balaban J connectivity index is 1.27. The average molecular weight is 530 g/mol. The van der Waals surface area contributed by atoms with Crippen LogP contribution in [0, 0.1) is 0 Å². The van der Waals surface area contributed by atoms with Gasteiger partial charge in [-0.15, -0.1) is 22.7 Å². The van der Waals surface area contributed by atoms with E-state index in [0.29, 0.717) is 5.92 Å². The maximum atomic E-state index is 13.0. The third kappa shape index (κ3) is 3.42. The number of nitrogen functional groups attached to an aromatic ring is 1. The van der Waals surface area contributed by atoms with Crippen LogP contribution in [0.25, 0.3) is 41.8 Å². The van der Waals surface area contributed by atoms with E-state index in [-0.39, 0.29) is 5.92 Å². The summed E-state index contributed by atoms with van der Waals surface area (Å²) in [5.74, 6) is 0.549. The van der Waals surface area contributed by atoms with Gasteiger partial charge in [-0.1, -0.05) is 38.1 Å². The predicted octanol–water partition coefficient (Wildman–Crippen LogP) is 10.0. The van der Waals surface area contributed by atoms with Crippen LogP contribution < -0.4 is 5.73 Å². The van der Waals surface area contributed by atoms with E-state index in [4.69, 9.17) is 5.73 Å². The van der Waals surface area contributed by atoms with E-state index in [1.165, 1.54) is 65.7 Å². The Hall–Kier alpha value is -3.35. The van der Waals surface area contributed by atoms with E-state index in [1.807, 2.05) is 23.5 Å². The quantitative estimate of drug-likeness (QED) is 0.226. The summed E-state index contributed by atoms with van der Waals surface area (Å²) in [6.45, 7) is 4.51. The van der Waals surface area contributed by atoms with Crippen molar-refractivity contribution >= 4 is 28.4 Å². The largest absolute Gasteiger partial charge is 0.416 e. The van der Waals surface area contributed by atoms with Crippen LogP contribution in [0.5, 0.6) is 0 Å². The van der Waals surface area contributed by atoms with Crippen LogP contribution in [0.4, 0.5) is 18.9 Å². The van der Waals surface area contributed by atoms with Gasteiger partial charge < -0.3 is 5.73 Å². The minimum Gasteiger partial charge on any atom is -0.399 e. The number of thiophene rings is 2. The molecule has 1 nitrogen and oxygen atoms in total. The fourth-order valence-corrected chi connectivity index (χ4v) is 8.31. The van der Waals surface area contributed by atoms with Gasteiger partial charge in [0, 0.05) is 37.0 Å². The van der Waals surface area contributed by atoms with Gasteiger partial charge in [-0.2, -0.15) is 13.2 Å². The van der Waals surface area contributed by atoms with Gasteiger partial charge in [0.15, 0.2) is 0 Å². The number of fused-ring (bicyclic) bond motifs is 6. The number of benzene rings is 3. The molecule has 2 aromatic heterocycles.